The van der Waals surface area contributed by atoms with Crippen LogP contribution >= 0.6 is 0 Å². The highest BCUT2D eigenvalue weighted by Gasteiger charge is 1.94. The van der Waals surface area contributed by atoms with E-state index in [0.29, 0.717) is 6.54 Å². The molecule has 0 aromatic heterocycles. The first-order chi connectivity index (χ1) is 5.88. The number of aliphatic hydroxyl groups excluding tert-OH is 1. The molecule has 2 nitrogen and oxygen atoms in total. The van der Waals surface area contributed by atoms with Crippen LogP contribution in [0.4, 0.5) is 5.69 Å². The van der Waals surface area contributed by atoms with E-state index in [2.05, 4.69) is 11.9 Å². The highest BCUT2D eigenvalue weighted by molar-refractivity contribution is 5.65. The molecule has 1 rings (SSSR count). The molecule has 0 spiro atoms. The van der Waals surface area contributed by atoms with E-state index in [-0.39, 0.29) is 6.61 Å². The van der Waals surface area contributed by atoms with Gasteiger partial charge in [-0.05, 0) is 11.6 Å². The van der Waals surface area contributed by atoms with Crippen molar-refractivity contribution < 1.29 is 5.11 Å². The van der Waals surface area contributed by atoms with Gasteiger partial charge in [0.1, 0.15) is 0 Å². The van der Waals surface area contributed by atoms with E-state index in [1.54, 1.807) is 6.08 Å². The molecule has 64 valence electrons. The molecule has 1 aromatic rings. The molecule has 0 fully saturated rings. The number of anilines is 1. The smallest absolute Gasteiger partial charge is 0.0604 e. The van der Waals surface area contributed by atoms with Gasteiger partial charge in [0.25, 0.3) is 0 Å². The summed E-state index contributed by atoms with van der Waals surface area (Å²) < 4.78 is 0. The number of hydrogen-bond acceptors (Lipinski definition) is 2. The van der Waals surface area contributed by atoms with Crippen molar-refractivity contribution in [1.82, 2.24) is 0 Å². The second kappa shape index (κ2) is 4.57. The molecule has 0 amide bonds. The lowest BCUT2D eigenvalue weighted by Gasteiger charge is -2.06. The van der Waals surface area contributed by atoms with Crippen molar-refractivity contribution in [3.05, 3.63) is 36.4 Å². The van der Waals surface area contributed by atoms with Gasteiger partial charge < -0.3 is 10.4 Å². The van der Waals surface area contributed by atoms with E-state index < -0.39 is 0 Å². The minimum atomic E-state index is 0.144. The molecule has 2 N–H and O–H groups in total. The summed E-state index contributed by atoms with van der Waals surface area (Å²) in [5.41, 5.74) is 2.08. The molecule has 0 saturated heterocycles. The predicted molar refractivity (Wildman–Crippen MR) is 52.1 cm³/mol. The largest absolute Gasteiger partial charge is 0.395 e. The molecule has 0 aliphatic rings. The van der Waals surface area contributed by atoms with Gasteiger partial charge in [0.05, 0.1) is 6.61 Å². The van der Waals surface area contributed by atoms with E-state index in [9.17, 15) is 0 Å². The van der Waals surface area contributed by atoms with Gasteiger partial charge in [-0.2, -0.15) is 0 Å². The molecule has 0 saturated carbocycles. The van der Waals surface area contributed by atoms with Gasteiger partial charge in [0, 0.05) is 12.2 Å². The number of para-hydroxylation sites is 1. The fourth-order valence-electron chi connectivity index (χ4n) is 1.03. The molecule has 0 atom stereocenters. The lowest BCUT2D eigenvalue weighted by atomic mass is 10.2. The van der Waals surface area contributed by atoms with Crippen LogP contribution in [-0.4, -0.2) is 18.3 Å². The molecule has 12 heavy (non-hydrogen) atoms. The molecule has 0 aliphatic carbocycles. The number of aliphatic hydroxyl groups is 1. The van der Waals surface area contributed by atoms with Crippen molar-refractivity contribution in [3.63, 3.8) is 0 Å². The van der Waals surface area contributed by atoms with E-state index >= 15 is 0 Å². The molecule has 0 aliphatic heterocycles. The van der Waals surface area contributed by atoms with Crippen molar-refractivity contribution in [2.75, 3.05) is 18.5 Å². The molecular weight excluding hydrogens is 150 g/mol. The first kappa shape index (κ1) is 8.81. The van der Waals surface area contributed by atoms with Crippen molar-refractivity contribution in [2.24, 2.45) is 0 Å². The summed E-state index contributed by atoms with van der Waals surface area (Å²) in [6, 6.07) is 7.85. The maximum Gasteiger partial charge on any atom is 0.0604 e. The topological polar surface area (TPSA) is 32.3 Å². The van der Waals surface area contributed by atoms with Crippen LogP contribution in [0.25, 0.3) is 6.08 Å². The summed E-state index contributed by atoms with van der Waals surface area (Å²) in [7, 11) is 0. The minimum absolute atomic E-state index is 0.144. The third-order valence-electron chi connectivity index (χ3n) is 1.61. The van der Waals surface area contributed by atoms with Crippen molar-refractivity contribution in [1.29, 1.82) is 0 Å². The zero-order valence-corrected chi connectivity index (χ0v) is 6.96. The van der Waals surface area contributed by atoms with Gasteiger partial charge in [-0.25, -0.2) is 0 Å². The highest BCUT2D eigenvalue weighted by atomic mass is 16.3. The highest BCUT2D eigenvalue weighted by Crippen LogP contribution is 2.14. The number of nitrogens with one attached hydrogen (secondary N) is 1. The molecule has 2 heteroatoms. The zero-order valence-electron chi connectivity index (χ0n) is 6.96. The third-order valence-corrected chi connectivity index (χ3v) is 1.61. The normalized spacial score (nSPS) is 9.42. The first-order valence-corrected chi connectivity index (χ1v) is 3.94. The Bertz CT molecular complexity index is 258. The van der Waals surface area contributed by atoms with Gasteiger partial charge in [0.15, 0.2) is 0 Å². The van der Waals surface area contributed by atoms with Gasteiger partial charge in [-0.15, -0.1) is 0 Å². The molecule has 0 radical (unpaired) electrons. The van der Waals surface area contributed by atoms with E-state index in [0.717, 1.165) is 11.3 Å². The lowest BCUT2D eigenvalue weighted by Crippen LogP contribution is -2.06. The number of benzene rings is 1. The number of hydrogen-bond donors (Lipinski definition) is 2. The predicted octanol–water partition coefficient (Wildman–Crippen LogP) is 1.73. The summed E-state index contributed by atoms with van der Waals surface area (Å²) in [5, 5.41) is 11.7. The molecule has 0 heterocycles. The summed E-state index contributed by atoms with van der Waals surface area (Å²) in [4.78, 5) is 0. The van der Waals surface area contributed by atoms with Gasteiger partial charge in [-0.1, -0.05) is 30.9 Å². The van der Waals surface area contributed by atoms with Gasteiger partial charge in [0.2, 0.25) is 0 Å². The average Bonchev–Trinajstić information content (AvgIpc) is 2.15. The van der Waals surface area contributed by atoms with Crippen LogP contribution in [0.15, 0.2) is 30.8 Å². The zero-order chi connectivity index (χ0) is 8.81. The second-order valence-corrected chi connectivity index (χ2v) is 2.44. The van der Waals surface area contributed by atoms with Gasteiger partial charge >= 0.3 is 0 Å². The maximum absolute atomic E-state index is 8.60. The second-order valence-electron chi connectivity index (χ2n) is 2.44. The van der Waals surface area contributed by atoms with Gasteiger partial charge in [-0.3, -0.25) is 0 Å². The summed E-state index contributed by atoms with van der Waals surface area (Å²) >= 11 is 0. The minimum Gasteiger partial charge on any atom is -0.395 e. The van der Waals surface area contributed by atoms with Crippen LogP contribution in [0.3, 0.4) is 0 Å². The average molecular weight is 163 g/mol. The van der Waals surface area contributed by atoms with Crippen molar-refractivity contribution in [2.45, 2.75) is 0 Å². The summed E-state index contributed by atoms with van der Waals surface area (Å²) in [6.45, 7) is 4.42. The van der Waals surface area contributed by atoms with E-state index in [4.69, 9.17) is 5.11 Å². The SMILES string of the molecule is C=Cc1ccccc1NCCO. The molecule has 1 aromatic carbocycles. The molecular formula is C10H13NO. The van der Waals surface area contributed by atoms with Crippen LogP contribution in [0, 0.1) is 0 Å². The fourth-order valence-corrected chi connectivity index (χ4v) is 1.03. The Morgan fingerprint density at radius 2 is 2.17 bits per heavy atom. The third kappa shape index (κ3) is 2.10. The lowest BCUT2D eigenvalue weighted by molar-refractivity contribution is 0.311. The van der Waals surface area contributed by atoms with Crippen molar-refractivity contribution >= 4 is 11.8 Å². The monoisotopic (exact) mass is 163 g/mol. The molecule has 0 unspecified atom stereocenters. The van der Waals surface area contributed by atoms with E-state index in [1.165, 1.54) is 0 Å². The maximum atomic E-state index is 8.60. The standard InChI is InChI=1S/C10H13NO/c1-2-9-5-3-4-6-10(9)11-7-8-12/h2-6,11-12H,1,7-8H2. The van der Waals surface area contributed by atoms with Crippen LogP contribution < -0.4 is 5.32 Å². The van der Waals surface area contributed by atoms with Crippen LogP contribution in [0.5, 0.6) is 0 Å². The Balaban J connectivity index is 2.75. The summed E-state index contributed by atoms with van der Waals surface area (Å²) in [5.74, 6) is 0. The Morgan fingerprint density at radius 1 is 1.42 bits per heavy atom. The van der Waals surface area contributed by atoms with Crippen LogP contribution in [-0.2, 0) is 0 Å². The quantitative estimate of drug-likeness (QED) is 0.708. The Kier molecular flexibility index (Phi) is 3.35. The first-order valence-electron chi connectivity index (χ1n) is 3.94. The van der Waals surface area contributed by atoms with Crippen LogP contribution in [0.1, 0.15) is 5.56 Å². The number of rotatable bonds is 4. The van der Waals surface area contributed by atoms with Crippen LogP contribution in [0.2, 0.25) is 0 Å². The van der Waals surface area contributed by atoms with E-state index in [1.807, 2.05) is 24.3 Å². The van der Waals surface area contributed by atoms with Crippen molar-refractivity contribution in [3.8, 4) is 0 Å². The summed E-state index contributed by atoms with van der Waals surface area (Å²) in [6.07, 6.45) is 1.79. The Morgan fingerprint density at radius 3 is 2.83 bits per heavy atom. The fraction of sp³-hybridized carbons (Fsp3) is 0.200. The molecule has 0 bridgehead atoms. The Hall–Kier alpha value is -1.28. The Labute approximate surface area is 72.5 Å².